The molecule has 218 valence electrons. The van der Waals surface area contributed by atoms with Crippen LogP contribution in [0.25, 0.3) is 21.5 Å². The molecule has 1 saturated carbocycles. The zero-order chi connectivity index (χ0) is 28.9. The minimum absolute atomic E-state index is 0. The highest BCUT2D eigenvalue weighted by Crippen LogP contribution is 2.63. The second-order valence-corrected chi connectivity index (χ2v) is 12.9. The van der Waals surface area contributed by atoms with Gasteiger partial charge in [-0.15, -0.1) is 23.7 Å². The minimum Gasteiger partial charge on any atom is -0.337 e. The molecule has 0 aromatic carbocycles. The number of amides is 3. The smallest absolute Gasteiger partial charge is 0.337 e. The Morgan fingerprint density at radius 1 is 1.17 bits per heavy atom. The highest BCUT2D eigenvalue weighted by molar-refractivity contribution is 7.19. The topological polar surface area (TPSA) is 109 Å². The molecular weight excluding hydrogens is 579 g/mol. The standard InChI is InChI=1S/C28H28F3N5O3S.ClH/c1-12-7-18(28(29,30)31)34-22(19(12)24(37)35-9-13(2)16(32)11-35)15-5-6-33-17-8-14(40-23(15)17)10-36-25(38)20-21(26(36)39)27(20,3)4;/h5-8,13,16,20-21H,9-11,32H2,1-4H3;1H/t13-,16+,20?,21?;/m0./s1. The maximum absolute atomic E-state index is 13.9. The van der Waals surface area contributed by atoms with E-state index >= 15 is 0 Å². The Morgan fingerprint density at radius 2 is 1.83 bits per heavy atom. The lowest BCUT2D eigenvalue weighted by Gasteiger charge is -2.21. The first kappa shape index (κ1) is 29.4. The van der Waals surface area contributed by atoms with Crippen LogP contribution in [0.15, 0.2) is 24.4 Å². The normalized spacial score (nSPS) is 25.1. The number of carbonyl (C=O) groups is 3. The molecule has 1 aliphatic carbocycles. The molecular formula is C28H29ClF3N5O3S. The minimum atomic E-state index is -4.72. The molecule has 2 unspecified atom stereocenters. The summed E-state index contributed by atoms with van der Waals surface area (Å²) in [7, 11) is 0. The van der Waals surface area contributed by atoms with Crippen LogP contribution in [-0.2, 0) is 22.3 Å². The number of rotatable bonds is 4. The van der Waals surface area contributed by atoms with Crippen LogP contribution in [0.4, 0.5) is 13.2 Å². The molecule has 8 nitrogen and oxygen atoms in total. The van der Waals surface area contributed by atoms with Gasteiger partial charge in [-0.2, -0.15) is 13.2 Å². The lowest BCUT2D eigenvalue weighted by molar-refractivity contribution is -0.144. The molecule has 0 bridgehead atoms. The van der Waals surface area contributed by atoms with Crippen molar-refractivity contribution in [3.8, 4) is 11.3 Å². The van der Waals surface area contributed by atoms with Crippen molar-refractivity contribution in [3.05, 3.63) is 46.1 Å². The monoisotopic (exact) mass is 607 g/mol. The molecule has 2 aliphatic heterocycles. The second-order valence-electron chi connectivity index (χ2n) is 11.7. The van der Waals surface area contributed by atoms with Crippen molar-refractivity contribution in [1.29, 1.82) is 0 Å². The highest BCUT2D eigenvalue weighted by atomic mass is 35.5. The van der Waals surface area contributed by atoms with Crippen molar-refractivity contribution < 1.29 is 27.6 Å². The predicted molar refractivity (Wildman–Crippen MR) is 149 cm³/mol. The van der Waals surface area contributed by atoms with Crippen molar-refractivity contribution in [2.24, 2.45) is 28.9 Å². The number of aryl methyl sites for hydroxylation is 1. The largest absolute Gasteiger partial charge is 0.433 e. The Hall–Kier alpha value is -3.09. The van der Waals surface area contributed by atoms with Gasteiger partial charge in [0.15, 0.2) is 0 Å². The fourth-order valence-electron chi connectivity index (χ4n) is 6.17. The van der Waals surface area contributed by atoms with E-state index in [1.165, 1.54) is 29.4 Å². The molecule has 3 amide bonds. The van der Waals surface area contributed by atoms with Crippen LogP contribution in [0.2, 0.25) is 0 Å². The highest BCUT2D eigenvalue weighted by Gasteiger charge is 2.72. The van der Waals surface area contributed by atoms with E-state index in [1.807, 2.05) is 20.8 Å². The number of nitrogens with zero attached hydrogens (tertiary/aromatic N) is 4. The number of alkyl halides is 3. The van der Waals surface area contributed by atoms with Crippen LogP contribution in [0.5, 0.6) is 0 Å². The number of likely N-dealkylation sites (tertiary alicyclic amines) is 2. The average Bonchev–Trinajstić information content (AvgIpc) is 3.17. The van der Waals surface area contributed by atoms with Crippen molar-refractivity contribution in [2.75, 3.05) is 13.1 Å². The number of carbonyl (C=O) groups excluding carboxylic acids is 3. The first-order chi connectivity index (χ1) is 18.7. The second kappa shape index (κ2) is 9.74. The number of hydrogen-bond donors (Lipinski definition) is 1. The molecule has 2 N–H and O–H groups in total. The van der Waals surface area contributed by atoms with Crippen molar-refractivity contribution >= 4 is 51.7 Å². The summed E-state index contributed by atoms with van der Waals surface area (Å²) in [6.07, 6.45) is -3.26. The van der Waals surface area contributed by atoms with Crippen molar-refractivity contribution in [1.82, 2.24) is 19.8 Å². The third kappa shape index (κ3) is 4.60. The van der Waals surface area contributed by atoms with Gasteiger partial charge in [0.1, 0.15) is 5.69 Å². The zero-order valence-electron chi connectivity index (χ0n) is 22.8. The maximum atomic E-state index is 13.9. The summed E-state index contributed by atoms with van der Waals surface area (Å²) in [5.74, 6) is -1.40. The summed E-state index contributed by atoms with van der Waals surface area (Å²) in [6.45, 7) is 7.97. The van der Waals surface area contributed by atoms with E-state index in [-0.39, 0.29) is 76.8 Å². The molecule has 41 heavy (non-hydrogen) atoms. The number of thiophene rings is 1. The first-order valence-corrected chi connectivity index (χ1v) is 13.9. The predicted octanol–water partition coefficient (Wildman–Crippen LogP) is 4.67. The van der Waals surface area contributed by atoms with E-state index in [9.17, 15) is 27.6 Å². The fourth-order valence-corrected chi connectivity index (χ4v) is 7.28. The van der Waals surface area contributed by atoms with Crippen LogP contribution in [0, 0.1) is 30.1 Å². The average molecular weight is 608 g/mol. The Kier molecular flexibility index (Phi) is 6.98. The van der Waals surface area contributed by atoms with Gasteiger partial charge in [-0.3, -0.25) is 24.3 Å². The van der Waals surface area contributed by atoms with Gasteiger partial charge in [0.05, 0.1) is 39.9 Å². The van der Waals surface area contributed by atoms with Gasteiger partial charge in [-0.05, 0) is 42.0 Å². The SMILES string of the molecule is Cc1cc(C(F)(F)F)nc(-c2ccnc3cc(CN4C(=O)C5C(C4=O)C5(C)C)sc23)c1C(=O)N1C[C@@H](N)[C@@H](C)C1.Cl. The number of fused-ring (bicyclic) bond motifs is 2. The number of aromatic nitrogens is 2. The molecule has 4 atom stereocenters. The molecule has 0 radical (unpaired) electrons. The number of pyridine rings is 2. The first-order valence-electron chi connectivity index (χ1n) is 13.1. The Bertz CT molecular complexity index is 1570. The Balaban J connectivity index is 0.00000337. The molecule has 3 aromatic heterocycles. The molecule has 0 spiro atoms. The molecule has 3 fully saturated rings. The van der Waals surface area contributed by atoms with Gasteiger partial charge in [0, 0.05) is 35.8 Å². The lowest BCUT2D eigenvalue weighted by Crippen LogP contribution is -2.35. The number of halogens is 4. The van der Waals surface area contributed by atoms with E-state index in [0.29, 0.717) is 33.7 Å². The van der Waals surface area contributed by atoms with Gasteiger partial charge in [-0.25, -0.2) is 4.98 Å². The third-order valence-corrected chi connectivity index (χ3v) is 9.74. The van der Waals surface area contributed by atoms with Crippen molar-refractivity contribution in [2.45, 2.75) is 46.5 Å². The van der Waals surface area contributed by atoms with Crippen LogP contribution >= 0.6 is 23.7 Å². The maximum Gasteiger partial charge on any atom is 0.433 e. The van der Waals surface area contributed by atoms with Crippen LogP contribution < -0.4 is 5.73 Å². The van der Waals surface area contributed by atoms with Gasteiger partial charge in [-0.1, -0.05) is 20.8 Å². The van der Waals surface area contributed by atoms with E-state index in [1.54, 1.807) is 17.0 Å². The zero-order valence-corrected chi connectivity index (χ0v) is 24.4. The van der Waals surface area contributed by atoms with Crippen LogP contribution in [-0.4, -0.2) is 56.6 Å². The van der Waals surface area contributed by atoms with Gasteiger partial charge >= 0.3 is 6.18 Å². The molecule has 6 rings (SSSR count). The quantitative estimate of drug-likeness (QED) is 0.432. The van der Waals surface area contributed by atoms with E-state index in [0.717, 1.165) is 6.07 Å². The summed E-state index contributed by atoms with van der Waals surface area (Å²) in [6, 6.07) is 3.94. The van der Waals surface area contributed by atoms with Gasteiger partial charge < -0.3 is 10.6 Å². The van der Waals surface area contributed by atoms with Gasteiger partial charge in [0.2, 0.25) is 11.8 Å². The number of imide groups is 1. The number of piperidine rings is 1. The summed E-state index contributed by atoms with van der Waals surface area (Å²) in [4.78, 5) is 51.3. The summed E-state index contributed by atoms with van der Waals surface area (Å²) < 4.78 is 42.1. The van der Waals surface area contributed by atoms with E-state index < -0.39 is 17.8 Å². The number of hydrogen-bond acceptors (Lipinski definition) is 7. The summed E-state index contributed by atoms with van der Waals surface area (Å²) in [5, 5.41) is 0. The molecule has 3 aliphatic rings. The number of nitrogens with two attached hydrogens (primary N) is 1. The van der Waals surface area contributed by atoms with Gasteiger partial charge in [0.25, 0.3) is 5.91 Å². The van der Waals surface area contributed by atoms with Crippen LogP contribution in [0.3, 0.4) is 0 Å². The van der Waals surface area contributed by atoms with Crippen LogP contribution in [0.1, 0.15) is 47.3 Å². The molecule has 5 heterocycles. The molecule has 2 saturated heterocycles. The van der Waals surface area contributed by atoms with Crippen molar-refractivity contribution in [3.63, 3.8) is 0 Å². The third-order valence-electron chi connectivity index (χ3n) is 8.60. The Morgan fingerprint density at radius 3 is 2.41 bits per heavy atom. The summed E-state index contributed by atoms with van der Waals surface area (Å²) >= 11 is 1.22. The van der Waals surface area contributed by atoms with E-state index in [4.69, 9.17) is 5.73 Å². The molecule has 13 heteroatoms. The molecule has 3 aromatic rings. The summed E-state index contributed by atoms with van der Waals surface area (Å²) in [5.41, 5.74) is 5.68. The fraction of sp³-hybridized carbons (Fsp3) is 0.464. The Labute approximate surface area is 244 Å². The lowest BCUT2D eigenvalue weighted by atomic mass is 9.99. The van der Waals surface area contributed by atoms with E-state index in [2.05, 4.69) is 9.97 Å².